The van der Waals surface area contributed by atoms with Crippen molar-refractivity contribution in [3.05, 3.63) is 76.8 Å². The zero-order valence-corrected chi connectivity index (χ0v) is 18.2. The molecule has 1 atom stereocenters. The number of hydrazone groups is 1. The maximum Gasteiger partial charge on any atom is 0.253 e. The first-order chi connectivity index (χ1) is 15.1. The van der Waals surface area contributed by atoms with Gasteiger partial charge in [-0.2, -0.15) is 5.10 Å². The highest BCUT2D eigenvalue weighted by molar-refractivity contribution is 7.99. The largest absolute Gasteiger partial charge is 0.467 e. The molecule has 0 radical (unpaired) electrons. The van der Waals surface area contributed by atoms with E-state index in [0.717, 1.165) is 16.8 Å². The van der Waals surface area contributed by atoms with Crippen molar-refractivity contribution in [3.63, 3.8) is 0 Å². The van der Waals surface area contributed by atoms with Crippen LogP contribution in [-0.4, -0.2) is 37.3 Å². The normalized spacial score (nSPS) is 16.1. The summed E-state index contributed by atoms with van der Waals surface area (Å²) in [6, 6.07) is 13.3. The van der Waals surface area contributed by atoms with Crippen LogP contribution in [0.1, 0.15) is 29.3 Å². The summed E-state index contributed by atoms with van der Waals surface area (Å²) in [5.74, 6) is 0.766. The number of H-pyrrole nitrogens is 1. The molecule has 9 heteroatoms. The van der Waals surface area contributed by atoms with Crippen molar-refractivity contribution in [2.24, 2.45) is 5.10 Å². The van der Waals surface area contributed by atoms with E-state index >= 15 is 0 Å². The van der Waals surface area contributed by atoms with E-state index in [2.05, 4.69) is 20.1 Å². The number of thioether (sulfide) groups is 1. The Morgan fingerprint density at radius 3 is 2.94 bits per heavy atom. The number of furan rings is 1. The molecule has 1 aromatic carbocycles. The smallest absolute Gasteiger partial charge is 0.253 e. The summed E-state index contributed by atoms with van der Waals surface area (Å²) in [4.78, 5) is 24.8. The summed E-state index contributed by atoms with van der Waals surface area (Å²) in [7, 11) is 0. The number of carbonyl (C=O) groups is 1. The lowest BCUT2D eigenvalue weighted by molar-refractivity contribution is -0.130. The molecule has 0 saturated heterocycles. The van der Waals surface area contributed by atoms with Crippen molar-refractivity contribution in [1.29, 1.82) is 0 Å². The third-order valence-corrected chi connectivity index (χ3v) is 6.10. The fourth-order valence-electron chi connectivity index (χ4n) is 3.48. The Kier molecular flexibility index (Phi) is 5.25. The molecule has 1 N–H and O–H groups in total. The molecular formula is C22H18ClN5O2S. The van der Waals surface area contributed by atoms with E-state index < -0.39 is 0 Å². The summed E-state index contributed by atoms with van der Waals surface area (Å²) in [6.45, 7) is 2.04. The highest BCUT2D eigenvalue weighted by Crippen LogP contribution is 2.34. The molecular weight excluding hydrogens is 434 g/mol. The molecule has 1 aliphatic heterocycles. The second-order valence-corrected chi connectivity index (χ2v) is 8.64. The van der Waals surface area contributed by atoms with E-state index in [1.54, 1.807) is 18.5 Å². The minimum absolute atomic E-state index is 0.125. The molecule has 5 rings (SSSR count). The number of aromatic nitrogens is 3. The van der Waals surface area contributed by atoms with E-state index in [4.69, 9.17) is 16.0 Å². The summed E-state index contributed by atoms with van der Waals surface area (Å²) in [5.41, 5.74) is 4.34. The number of benzene rings is 1. The van der Waals surface area contributed by atoms with Gasteiger partial charge in [0, 0.05) is 12.6 Å². The molecule has 0 spiro atoms. The van der Waals surface area contributed by atoms with Crippen LogP contribution in [0.4, 0.5) is 0 Å². The first-order valence-corrected chi connectivity index (χ1v) is 11.1. The number of hydrogen-bond acceptors (Lipinski definition) is 6. The highest BCUT2D eigenvalue weighted by atomic mass is 35.5. The van der Waals surface area contributed by atoms with Crippen LogP contribution in [0.5, 0.6) is 0 Å². The number of imidazole rings is 1. The number of nitrogens with one attached hydrogen (secondary N) is 1. The van der Waals surface area contributed by atoms with Crippen LogP contribution in [0.15, 0.2) is 69.6 Å². The number of aryl methyl sites for hydroxylation is 1. The van der Waals surface area contributed by atoms with Gasteiger partial charge in [-0.05, 0) is 30.7 Å². The molecule has 0 saturated carbocycles. The lowest BCUT2D eigenvalue weighted by Crippen LogP contribution is -2.28. The maximum atomic E-state index is 13.1. The summed E-state index contributed by atoms with van der Waals surface area (Å²) >= 11 is 7.28. The van der Waals surface area contributed by atoms with Gasteiger partial charge < -0.3 is 9.40 Å². The molecule has 1 amide bonds. The molecule has 0 bridgehead atoms. The summed E-state index contributed by atoms with van der Waals surface area (Å²) in [6.07, 6.45) is 3.76. The van der Waals surface area contributed by atoms with E-state index in [1.807, 2.05) is 43.3 Å². The Labute approximate surface area is 187 Å². The third kappa shape index (κ3) is 4.08. The first kappa shape index (κ1) is 19.8. The molecule has 3 aromatic heterocycles. The van der Waals surface area contributed by atoms with E-state index in [1.165, 1.54) is 22.3 Å². The van der Waals surface area contributed by atoms with Gasteiger partial charge in [0.05, 0.1) is 28.3 Å². The van der Waals surface area contributed by atoms with E-state index in [9.17, 15) is 4.79 Å². The van der Waals surface area contributed by atoms with Crippen molar-refractivity contribution in [3.8, 4) is 0 Å². The van der Waals surface area contributed by atoms with Gasteiger partial charge in [0.25, 0.3) is 5.91 Å². The van der Waals surface area contributed by atoms with Crippen molar-refractivity contribution >= 4 is 46.1 Å². The zero-order valence-electron chi connectivity index (χ0n) is 16.6. The van der Waals surface area contributed by atoms with Gasteiger partial charge >= 0.3 is 0 Å². The molecule has 4 heterocycles. The lowest BCUT2D eigenvalue weighted by Gasteiger charge is -2.19. The van der Waals surface area contributed by atoms with Gasteiger partial charge in [0.2, 0.25) is 0 Å². The number of nitrogens with zero attached hydrogens (tertiary/aromatic N) is 4. The molecule has 0 unspecified atom stereocenters. The Hall–Kier alpha value is -3.10. The SMILES string of the molecule is Cc1ccc(C2=NN(C(=O)CSc3nc4ncc(Cl)cc4[nH]3)[C@H](c3ccco3)C2)cc1. The number of aromatic amines is 1. The van der Waals surface area contributed by atoms with E-state index in [-0.39, 0.29) is 17.7 Å². The average Bonchev–Trinajstić information content (AvgIpc) is 3.50. The van der Waals surface area contributed by atoms with Crippen LogP contribution in [-0.2, 0) is 4.79 Å². The quantitative estimate of drug-likeness (QED) is 0.432. The number of carbonyl (C=O) groups excluding carboxylic acids is 1. The fourth-order valence-corrected chi connectivity index (χ4v) is 4.36. The van der Waals surface area contributed by atoms with Gasteiger partial charge in [-0.1, -0.05) is 53.2 Å². The van der Waals surface area contributed by atoms with Gasteiger partial charge in [-0.25, -0.2) is 15.0 Å². The monoisotopic (exact) mass is 451 g/mol. The zero-order chi connectivity index (χ0) is 21.4. The van der Waals surface area contributed by atoms with Crippen molar-refractivity contribution in [1.82, 2.24) is 20.0 Å². The minimum atomic E-state index is -0.268. The van der Waals surface area contributed by atoms with Gasteiger partial charge in [0.1, 0.15) is 11.8 Å². The molecule has 156 valence electrons. The predicted molar refractivity (Wildman–Crippen MR) is 120 cm³/mol. The molecule has 31 heavy (non-hydrogen) atoms. The third-order valence-electron chi connectivity index (χ3n) is 5.04. The summed E-state index contributed by atoms with van der Waals surface area (Å²) < 4.78 is 5.60. The van der Waals surface area contributed by atoms with Crippen LogP contribution in [0.2, 0.25) is 5.02 Å². The van der Waals surface area contributed by atoms with Crippen LogP contribution in [0, 0.1) is 6.92 Å². The second kappa shape index (κ2) is 8.20. The Morgan fingerprint density at radius 2 is 2.16 bits per heavy atom. The Morgan fingerprint density at radius 1 is 1.32 bits per heavy atom. The molecule has 7 nitrogen and oxygen atoms in total. The number of fused-ring (bicyclic) bond motifs is 1. The molecule has 0 aliphatic carbocycles. The average molecular weight is 452 g/mol. The maximum absolute atomic E-state index is 13.1. The fraction of sp³-hybridized carbons (Fsp3) is 0.182. The van der Waals surface area contributed by atoms with Gasteiger partial charge in [-0.15, -0.1) is 0 Å². The number of amides is 1. The van der Waals surface area contributed by atoms with Crippen LogP contribution < -0.4 is 0 Å². The number of pyridine rings is 1. The standard InChI is InChI=1S/C22H18ClN5O2S/c1-13-4-6-14(7-5-13)16-10-18(19-3-2-8-30-19)28(27-16)20(29)12-31-22-25-17-9-15(23)11-24-21(17)26-22/h2-9,11,18H,10,12H2,1H3,(H,24,25,26)/t18-/m0/s1. The van der Waals surface area contributed by atoms with E-state index in [0.29, 0.717) is 28.0 Å². The second-order valence-electron chi connectivity index (χ2n) is 7.24. The number of halogens is 1. The van der Waals surface area contributed by atoms with Crippen molar-refractivity contribution in [2.45, 2.75) is 24.5 Å². The highest BCUT2D eigenvalue weighted by Gasteiger charge is 2.34. The van der Waals surface area contributed by atoms with Crippen LogP contribution in [0.3, 0.4) is 0 Å². The summed E-state index contributed by atoms with van der Waals surface area (Å²) in [5, 5.41) is 7.32. The number of hydrogen-bond donors (Lipinski definition) is 1. The molecule has 4 aromatic rings. The lowest BCUT2D eigenvalue weighted by atomic mass is 10.0. The minimum Gasteiger partial charge on any atom is -0.467 e. The molecule has 1 aliphatic rings. The van der Waals surface area contributed by atoms with Crippen molar-refractivity contribution < 1.29 is 9.21 Å². The molecule has 0 fully saturated rings. The van der Waals surface area contributed by atoms with Crippen molar-refractivity contribution in [2.75, 3.05) is 5.75 Å². The van der Waals surface area contributed by atoms with Crippen LogP contribution in [0.25, 0.3) is 11.2 Å². The predicted octanol–water partition coefficient (Wildman–Crippen LogP) is 4.98. The van der Waals surface area contributed by atoms with Crippen LogP contribution >= 0.6 is 23.4 Å². The van der Waals surface area contributed by atoms with Gasteiger partial charge in [-0.3, -0.25) is 4.79 Å². The topological polar surface area (TPSA) is 87.4 Å². The first-order valence-electron chi connectivity index (χ1n) is 9.71. The van der Waals surface area contributed by atoms with Gasteiger partial charge in [0.15, 0.2) is 10.8 Å². The Balaban J connectivity index is 1.36. The number of rotatable bonds is 5. The Bertz CT molecular complexity index is 1270.